The van der Waals surface area contributed by atoms with E-state index in [1.165, 1.54) is 13.0 Å². The largest absolute Gasteiger partial charge is 0.457 e. The van der Waals surface area contributed by atoms with E-state index in [2.05, 4.69) is 18.4 Å². The molecule has 0 radical (unpaired) electrons. The van der Waals surface area contributed by atoms with E-state index < -0.39 is 44.1 Å². The molecule has 0 aromatic heterocycles. The summed E-state index contributed by atoms with van der Waals surface area (Å²) in [7, 11) is 0. The zero-order valence-corrected chi connectivity index (χ0v) is 25.7. The smallest absolute Gasteiger partial charge is 0.338 e. The van der Waals surface area contributed by atoms with Gasteiger partial charge in [0, 0.05) is 17.2 Å². The number of benzene rings is 3. The Balaban J connectivity index is 1.82. The molecule has 0 saturated carbocycles. The van der Waals surface area contributed by atoms with E-state index in [1.54, 1.807) is 12.1 Å². The molecule has 0 saturated heterocycles. The highest BCUT2D eigenvalue weighted by Gasteiger charge is 2.15. The molecule has 1 unspecified atom stereocenters. The highest BCUT2D eigenvalue weighted by atomic mass is 19.3. The molecule has 1 atom stereocenters. The lowest BCUT2D eigenvalue weighted by Gasteiger charge is -2.15. The van der Waals surface area contributed by atoms with Gasteiger partial charge in [-0.25, -0.2) is 4.79 Å². The van der Waals surface area contributed by atoms with Crippen LogP contribution in [0.3, 0.4) is 0 Å². The van der Waals surface area contributed by atoms with Crippen molar-refractivity contribution in [3.63, 3.8) is 0 Å². The van der Waals surface area contributed by atoms with Crippen molar-refractivity contribution in [3.05, 3.63) is 107 Å². The predicted octanol–water partition coefficient (Wildman–Crippen LogP) is 5.96. The first-order valence-corrected chi connectivity index (χ1v) is 14.5. The number of carbonyl (C=O) groups is 2. The molecular formula is C36H36F2O8. The first-order chi connectivity index (χ1) is 22.1. The number of carbonyl (C=O) groups excluding carboxylic acids is 2. The zero-order chi connectivity index (χ0) is 33.5. The summed E-state index contributed by atoms with van der Waals surface area (Å²) >= 11 is 0. The van der Waals surface area contributed by atoms with E-state index in [9.17, 15) is 18.4 Å². The van der Waals surface area contributed by atoms with E-state index in [0.29, 0.717) is 29.9 Å². The molecule has 3 rings (SSSR count). The lowest BCUT2D eigenvalue weighted by molar-refractivity contribution is -0.155. The SMILES string of the molecule is C=C(CO)C(=O)OCOc1cc(OCOC(=O)C(C)CO)cc(-c2ccc(C#Cc3ccc(CCC=C(F)F)cc3)cc2CC)c1. The molecule has 242 valence electrons. The Kier molecular flexibility index (Phi) is 14.0. The number of rotatable bonds is 15. The van der Waals surface area contributed by atoms with Gasteiger partial charge in [-0.1, -0.05) is 43.5 Å². The fourth-order valence-electron chi connectivity index (χ4n) is 4.08. The van der Waals surface area contributed by atoms with Crippen molar-refractivity contribution in [2.24, 2.45) is 5.92 Å². The minimum atomic E-state index is -1.67. The van der Waals surface area contributed by atoms with Gasteiger partial charge in [0.2, 0.25) is 13.6 Å². The molecule has 3 aromatic carbocycles. The quantitative estimate of drug-likeness (QED) is 0.0912. The number of hydrogen-bond acceptors (Lipinski definition) is 8. The predicted molar refractivity (Wildman–Crippen MR) is 168 cm³/mol. The molecule has 0 aliphatic carbocycles. The van der Waals surface area contributed by atoms with Gasteiger partial charge in [0.1, 0.15) is 11.5 Å². The summed E-state index contributed by atoms with van der Waals surface area (Å²) < 4.78 is 45.9. The fourth-order valence-corrected chi connectivity index (χ4v) is 4.08. The maximum atomic E-state index is 12.3. The summed E-state index contributed by atoms with van der Waals surface area (Å²) in [4.78, 5) is 23.8. The van der Waals surface area contributed by atoms with Gasteiger partial charge in [-0.15, -0.1) is 0 Å². The van der Waals surface area contributed by atoms with E-state index >= 15 is 0 Å². The molecule has 0 aliphatic rings. The molecule has 0 aliphatic heterocycles. The topological polar surface area (TPSA) is 112 Å². The highest BCUT2D eigenvalue weighted by molar-refractivity contribution is 5.87. The van der Waals surface area contributed by atoms with Gasteiger partial charge in [-0.05, 0) is 90.9 Å². The van der Waals surface area contributed by atoms with Crippen LogP contribution < -0.4 is 9.47 Å². The van der Waals surface area contributed by atoms with Gasteiger partial charge < -0.3 is 29.2 Å². The van der Waals surface area contributed by atoms with Crippen LogP contribution in [0.15, 0.2) is 85.0 Å². The minimum Gasteiger partial charge on any atom is -0.457 e. The van der Waals surface area contributed by atoms with E-state index in [1.807, 2.05) is 49.4 Å². The maximum absolute atomic E-state index is 12.3. The Morgan fingerprint density at radius 2 is 1.54 bits per heavy atom. The third kappa shape index (κ3) is 11.2. The summed E-state index contributed by atoms with van der Waals surface area (Å²) in [5.41, 5.74) is 4.97. The van der Waals surface area contributed by atoms with E-state index in [0.717, 1.165) is 33.9 Å². The highest BCUT2D eigenvalue weighted by Crippen LogP contribution is 2.33. The van der Waals surface area contributed by atoms with Crippen LogP contribution in [-0.4, -0.2) is 49.0 Å². The first-order valence-electron chi connectivity index (χ1n) is 14.5. The van der Waals surface area contributed by atoms with E-state index in [4.69, 9.17) is 29.2 Å². The summed E-state index contributed by atoms with van der Waals surface area (Å²) in [6.07, 6.45) is 0.698. The second kappa shape index (κ2) is 18.1. The average molecular weight is 635 g/mol. The molecule has 0 heterocycles. The molecule has 0 fully saturated rings. The van der Waals surface area contributed by atoms with Crippen LogP contribution in [0.25, 0.3) is 11.1 Å². The Bertz CT molecular complexity index is 1600. The van der Waals surface area contributed by atoms with Crippen molar-refractivity contribution >= 4 is 11.9 Å². The van der Waals surface area contributed by atoms with Crippen molar-refractivity contribution in [2.75, 3.05) is 26.8 Å². The van der Waals surface area contributed by atoms with Crippen molar-refractivity contribution in [1.29, 1.82) is 0 Å². The summed E-state index contributed by atoms with van der Waals surface area (Å²) in [5.74, 6) is 4.80. The van der Waals surface area contributed by atoms with Gasteiger partial charge in [0.05, 0.1) is 24.7 Å². The Labute approximate surface area is 266 Å². The van der Waals surface area contributed by atoms with Crippen LogP contribution >= 0.6 is 0 Å². The third-order valence-corrected chi connectivity index (χ3v) is 6.71. The average Bonchev–Trinajstić information content (AvgIpc) is 3.06. The number of aryl methyl sites for hydroxylation is 2. The van der Waals surface area contributed by atoms with Gasteiger partial charge in [0.25, 0.3) is 6.08 Å². The van der Waals surface area contributed by atoms with Crippen LogP contribution in [-0.2, 0) is 31.9 Å². The summed E-state index contributed by atoms with van der Waals surface area (Å²) in [5, 5.41) is 18.2. The Morgan fingerprint density at radius 3 is 2.15 bits per heavy atom. The normalized spacial score (nSPS) is 11.0. The van der Waals surface area contributed by atoms with Crippen molar-refractivity contribution in [1.82, 2.24) is 0 Å². The fraction of sp³-hybridized carbons (Fsp3) is 0.278. The Morgan fingerprint density at radius 1 is 0.913 bits per heavy atom. The van der Waals surface area contributed by atoms with Crippen LogP contribution in [0.2, 0.25) is 0 Å². The number of halogens is 2. The molecular weight excluding hydrogens is 598 g/mol. The second-order valence-corrected chi connectivity index (χ2v) is 10.2. The third-order valence-electron chi connectivity index (χ3n) is 6.71. The number of ether oxygens (including phenoxy) is 4. The lowest BCUT2D eigenvalue weighted by Crippen LogP contribution is -2.20. The van der Waals surface area contributed by atoms with Crippen molar-refractivity contribution < 1.29 is 47.5 Å². The zero-order valence-electron chi connectivity index (χ0n) is 25.7. The number of aliphatic hydroxyl groups is 2. The molecule has 46 heavy (non-hydrogen) atoms. The van der Waals surface area contributed by atoms with Crippen LogP contribution in [0.4, 0.5) is 8.78 Å². The van der Waals surface area contributed by atoms with Crippen LogP contribution in [0.5, 0.6) is 11.5 Å². The first kappa shape index (κ1) is 35.5. The second-order valence-electron chi connectivity index (χ2n) is 10.2. The van der Waals surface area contributed by atoms with Gasteiger partial charge in [-0.2, -0.15) is 8.78 Å². The molecule has 8 nitrogen and oxygen atoms in total. The number of esters is 2. The molecule has 0 amide bonds. The molecule has 0 bridgehead atoms. The number of aliphatic hydroxyl groups excluding tert-OH is 2. The van der Waals surface area contributed by atoms with Crippen molar-refractivity contribution in [2.45, 2.75) is 33.1 Å². The maximum Gasteiger partial charge on any atom is 0.338 e. The van der Waals surface area contributed by atoms with Crippen molar-refractivity contribution in [3.8, 4) is 34.5 Å². The standard InChI is InChI=1S/C36H36F2O8/c1-4-29-16-28(13-12-27-10-8-26(9-11-27)6-5-7-34(37)38)14-15-33(29)30-17-31(43-22-45-35(41)24(2)20-39)19-32(18-30)44-23-46-36(42)25(3)21-40/h7-11,14-19,25,39-40H,2,4-6,20-23H2,1,3H3. The van der Waals surface area contributed by atoms with Crippen LogP contribution in [0, 0.1) is 17.8 Å². The monoisotopic (exact) mass is 634 g/mol. The van der Waals surface area contributed by atoms with Gasteiger partial charge >= 0.3 is 11.9 Å². The molecule has 10 heteroatoms. The molecule has 3 aromatic rings. The van der Waals surface area contributed by atoms with Gasteiger partial charge in [0.15, 0.2) is 0 Å². The minimum absolute atomic E-state index is 0.117. The van der Waals surface area contributed by atoms with Crippen LogP contribution in [0.1, 0.15) is 42.5 Å². The summed E-state index contributed by atoms with van der Waals surface area (Å²) in [6.45, 7) is 5.19. The number of hydrogen-bond donors (Lipinski definition) is 2. The summed E-state index contributed by atoms with van der Waals surface area (Å²) in [6, 6.07) is 18.3. The van der Waals surface area contributed by atoms with E-state index in [-0.39, 0.29) is 18.6 Å². The molecule has 0 spiro atoms. The van der Waals surface area contributed by atoms with Gasteiger partial charge in [-0.3, -0.25) is 4.79 Å². The Hall–Kier alpha value is -4.98. The molecule has 2 N–H and O–H groups in total. The lowest BCUT2D eigenvalue weighted by atomic mass is 9.95. The number of allylic oxidation sites excluding steroid dienone is 1.